The van der Waals surface area contributed by atoms with Crippen molar-refractivity contribution in [2.24, 2.45) is 7.05 Å². The number of imidazole rings is 1. The Labute approximate surface area is 176 Å². The number of thiazole rings is 1. The molecule has 4 aromatic rings. The van der Waals surface area contributed by atoms with Gasteiger partial charge in [0.05, 0.1) is 18.4 Å². The first kappa shape index (κ1) is 19.8. The summed E-state index contributed by atoms with van der Waals surface area (Å²) in [6.07, 6.45) is 1.77. The summed E-state index contributed by atoms with van der Waals surface area (Å²) in [7, 11) is 3.77. The Morgan fingerprint density at radius 2 is 2.03 bits per heavy atom. The molecule has 10 heteroatoms. The van der Waals surface area contributed by atoms with Gasteiger partial charge in [0, 0.05) is 33.1 Å². The first-order chi connectivity index (χ1) is 14.5. The Balaban J connectivity index is 1.62. The molecule has 30 heavy (non-hydrogen) atoms. The van der Waals surface area contributed by atoms with Crippen LogP contribution in [0.15, 0.2) is 30.6 Å². The summed E-state index contributed by atoms with van der Waals surface area (Å²) >= 11 is 1.57. The van der Waals surface area contributed by atoms with E-state index in [1.807, 2.05) is 42.9 Å². The molecule has 0 bridgehead atoms. The van der Waals surface area contributed by atoms with Gasteiger partial charge in [-0.05, 0) is 11.6 Å². The molecule has 9 nitrogen and oxygen atoms in total. The average Bonchev–Trinajstić information content (AvgIpc) is 3.33. The predicted molar refractivity (Wildman–Crippen MR) is 117 cm³/mol. The van der Waals surface area contributed by atoms with E-state index in [1.54, 1.807) is 17.7 Å². The number of hydrogen-bond acceptors (Lipinski definition) is 7. The summed E-state index contributed by atoms with van der Waals surface area (Å²) in [5.41, 5.74) is 4.38. The van der Waals surface area contributed by atoms with Crippen LogP contribution in [0.25, 0.3) is 32.0 Å². The number of nitrogens with zero attached hydrogens (tertiary/aromatic N) is 4. The lowest BCUT2D eigenvalue weighted by Gasteiger charge is -2.07. The highest BCUT2D eigenvalue weighted by atomic mass is 32.1. The number of rotatable bonds is 6. The van der Waals surface area contributed by atoms with Crippen molar-refractivity contribution >= 4 is 50.3 Å². The molecule has 0 atom stereocenters. The molecule has 3 N–H and O–H groups in total. The molecule has 0 fully saturated rings. The van der Waals surface area contributed by atoms with Crippen LogP contribution in [0.2, 0.25) is 0 Å². The van der Waals surface area contributed by atoms with E-state index in [0.29, 0.717) is 18.0 Å². The number of pyridine rings is 1. The number of fused-ring (bicyclic) bond motifs is 3. The zero-order chi connectivity index (χ0) is 21.3. The van der Waals surface area contributed by atoms with Gasteiger partial charge in [0.25, 0.3) is 0 Å². The predicted octanol–water partition coefficient (Wildman–Crippen LogP) is 2.04. The average molecular weight is 424 g/mol. The van der Waals surface area contributed by atoms with Crippen LogP contribution >= 0.6 is 11.3 Å². The van der Waals surface area contributed by atoms with Crippen molar-refractivity contribution in [1.29, 1.82) is 0 Å². The Hall–Kier alpha value is -3.53. The minimum atomic E-state index is -0.238. The SMILES string of the molecule is CNc1nc2nc(-c3cccc(CNC(=O)CNC(C)=O)c3)sc2c2c1ncn2C. The minimum absolute atomic E-state index is 0.0347. The highest BCUT2D eigenvalue weighted by molar-refractivity contribution is 7.22. The van der Waals surface area contributed by atoms with Gasteiger partial charge in [-0.1, -0.05) is 18.2 Å². The van der Waals surface area contributed by atoms with E-state index in [0.717, 1.165) is 31.9 Å². The normalized spacial score (nSPS) is 11.0. The maximum atomic E-state index is 11.8. The number of nitrogens with one attached hydrogen (secondary N) is 3. The summed E-state index contributed by atoms with van der Waals surface area (Å²) in [6.45, 7) is 1.71. The van der Waals surface area contributed by atoms with E-state index in [1.165, 1.54) is 6.92 Å². The third-order valence-corrected chi connectivity index (χ3v) is 5.70. The fourth-order valence-corrected chi connectivity index (χ4v) is 4.24. The van der Waals surface area contributed by atoms with Gasteiger partial charge in [-0.25, -0.2) is 15.0 Å². The fourth-order valence-electron chi connectivity index (χ4n) is 3.15. The minimum Gasteiger partial charge on any atom is -0.371 e. The Morgan fingerprint density at radius 3 is 2.80 bits per heavy atom. The summed E-state index contributed by atoms with van der Waals surface area (Å²) in [4.78, 5) is 36.5. The second kappa shape index (κ2) is 8.07. The van der Waals surface area contributed by atoms with E-state index < -0.39 is 0 Å². The van der Waals surface area contributed by atoms with Crippen molar-refractivity contribution in [1.82, 2.24) is 30.2 Å². The van der Waals surface area contributed by atoms with Crippen LogP contribution in [-0.2, 0) is 23.2 Å². The van der Waals surface area contributed by atoms with E-state index in [2.05, 4.69) is 25.9 Å². The number of amides is 2. The zero-order valence-electron chi connectivity index (χ0n) is 16.8. The maximum Gasteiger partial charge on any atom is 0.239 e. The standard InChI is InChI=1S/C20H21N7O2S/c1-11(28)22-9-14(29)23-8-12-5-4-6-13(7-12)20-26-19-17(30-20)16-15(18(21-2)25-19)24-10-27(16)3/h4-7,10H,8-9H2,1-3H3,(H,21,25)(H,22,28)(H,23,29). The second-order valence-corrected chi connectivity index (χ2v) is 7.82. The third-order valence-electron chi connectivity index (χ3n) is 4.60. The molecule has 154 valence electrons. The second-order valence-electron chi connectivity index (χ2n) is 6.82. The molecule has 0 aliphatic carbocycles. The van der Waals surface area contributed by atoms with Gasteiger partial charge >= 0.3 is 0 Å². The molecule has 0 saturated heterocycles. The largest absolute Gasteiger partial charge is 0.371 e. The molecule has 0 unspecified atom stereocenters. The maximum absolute atomic E-state index is 11.8. The molecule has 1 aromatic carbocycles. The van der Waals surface area contributed by atoms with Crippen molar-refractivity contribution in [2.75, 3.05) is 18.9 Å². The van der Waals surface area contributed by atoms with Crippen molar-refractivity contribution in [3.63, 3.8) is 0 Å². The number of aryl methyl sites for hydroxylation is 1. The summed E-state index contributed by atoms with van der Waals surface area (Å²) < 4.78 is 2.96. The number of carbonyl (C=O) groups excluding carboxylic acids is 2. The van der Waals surface area contributed by atoms with E-state index in [-0.39, 0.29) is 18.4 Å². The zero-order valence-corrected chi connectivity index (χ0v) is 17.6. The summed E-state index contributed by atoms with van der Waals surface area (Å²) in [5.74, 6) is 0.226. The first-order valence-electron chi connectivity index (χ1n) is 9.36. The van der Waals surface area contributed by atoms with Gasteiger partial charge < -0.3 is 20.5 Å². The highest BCUT2D eigenvalue weighted by Gasteiger charge is 2.17. The number of hydrogen-bond donors (Lipinski definition) is 3. The number of carbonyl (C=O) groups is 2. The van der Waals surface area contributed by atoms with Crippen molar-refractivity contribution in [3.05, 3.63) is 36.2 Å². The summed E-state index contributed by atoms with van der Waals surface area (Å²) in [5, 5.41) is 9.22. The van der Waals surface area contributed by atoms with Gasteiger partial charge in [0.15, 0.2) is 11.5 Å². The molecular formula is C20H21N7O2S. The van der Waals surface area contributed by atoms with Crippen LogP contribution in [0.1, 0.15) is 12.5 Å². The van der Waals surface area contributed by atoms with E-state index in [4.69, 9.17) is 4.98 Å². The molecule has 3 heterocycles. The molecule has 0 radical (unpaired) electrons. The molecule has 2 amide bonds. The van der Waals surface area contributed by atoms with Crippen LogP contribution in [0, 0.1) is 0 Å². The van der Waals surface area contributed by atoms with Crippen molar-refractivity contribution < 1.29 is 9.59 Å². The Morgan fingerprint density at radius 1 is 1.20 bits per heavy atom. The van der Waals surface area contributed by atoms with Gasteiger partial charge in [-0.15, -0.1) is 11.3 Å². The first-order valence-corrected chi connectivity index (χ1v) is 10.2. The smallest absolute Gasteiger partial charge is 0.239 e. The van der Waals surface area contributed by atoms with Crippen LogP contribution in [-0.4, -0.2) is 44.9 Å². The lowest BCUT2D eigenvalue weighted by molar-refractivity contribution is -0.125. The van der Waals surface area contributed by atoms with Gasteiger partial charge in [-0.2, -0.15) is 0 Å². The van der Waals surface area contributed by atoms with Crippen LogP contribution in [0.5, 0.6) is 0 Å². The lowest BCUT2D eigenvalue weighted by Crippen LogP contribution is -2.35. The number of aromatic nitrogens is 4. The topological polar surface area (TPSA) is 114 Å². The molecule has 4 rings (SSSR count). The Kier molecular flexibility index (Phi) is 5.32. The monoisotopic (exact) mass is 423 g/mol. The highest BCUT2D eigenvalue weighted by Crippen LogP contribution is 2.36. The Bertz CT molecular complexity index is 1260. The van der Waals surface area contributed by atoms with Crippen molar-refractivity contribution in [3.8, 4) is 10.6 Å². The van der Waals surface area contributed by atoms with Gasteiger partial charge in [-0.3, -0.25) is 9.59 Å². The molecule has 0 spiro atoms. The van der Waals surface area contributed by atoms with Crippen LogP contribution in [0.4, 0.5) is 5.82 Å². The van der Waals surface area contributed by atoms with E-state index in [9.17, 15) is 9.59 Å². The summed E-state index contributed by atoms with van der Waals surface area (Å²) in [6, 6.07) is 7.85. The van der Waals surface area contributed by atoms with E-state index >= 15 is 0 Å². The third kappa shape index (κ3) is 3.81. The fraction of sp³-hybridized carbons (Fsp3) is 0.250. The van der Waals surface area contributed by atoms with Crippen molar-refractivity contribution in [2.45, 2.75) is 13.5 Å². The quantitative estimate of drug-likeness (QED) is 0.437. The van der Waals surface area contributed by atoms with Gasteiger partial charge in [0.1, 0.15) is 15.2 Å². The molecular weight excluding hydrogens is 402 g/mol. The van der Waals surface area contributed by atoms with Gasteiger partial charge in [0.2, 0.25) is 11.8 Å². The number of anilines is 1. The molecule has 0 aliphatic rings. The molecule has 3 aromatic heterocycles. The van der Waals surface area contributed by atoms with Crippen LogP contribution in [0.3, 0.4) is 0 Å². The molecule has 0 aliphatic heterocycles. The van der Waals surface area contributed by atoms with Crippen LogP contribution < -0.4 is 16.0 Å². The lowest BCUT2D eigenvalue weighted by atomic mass is 10.1. The number of benzene rings is 1. The molecule has 0 saturated carbocycles.